The second-order valence-corrected chi connectivity index (χ2v) is 6.34. The number of Topliss-reactive ketones (excluding diaryl/α,β-unsaturated/α-hetero) is 1. The van der Waals surface area contributed by atoms with Gasteiger partial charge in [-0.1, -0.05) is 30.3 Å². The number of aromatic nitrogens is 2. The highest BCUT2D eigenvalue weighted by molar-refractivity contribution is 6.05. The number of hydrogen-bond acceptors (Lipinski definition) is 5. The average Bonchev–Trinajstić information content (AvgIpc) is 2.70. The molecule has 1 heterocycles. The molecular weight excluding hydrogens is 399 g/mol. The van der Waals surface area contributed by atoms with Crippen LogP contribution in [0, 0.1) is 0 Å². The molecule has 0 unspecified atom stereocenters. The summed E-state index contributed by atoms with van der Waals surface area (Å²) in [7, 11) is 0. The summed E-state index contributed by atoms with van der Waals surface area (Å²) in [5, 5.41) is 7.20. The van der Waals surface area contributed by atoms with Crippen LogP contribution in [-0.2, 0) is 6.54 Å². The fourth-order valence-corrected chi connectivity index (χ4v) is 2.93. The maximum atomic E-state index is 12.9. The van der Waals surface area contributed by atoms with Gasteiger partial charge in [-0.05, 0) is 38.1 Å². The summed E-state index contributed by atoms with van der Waals surface area (Å²) in [4.78, 5) is 25.3. The zero-order valence-corrected chi connectivity index (χ0v) is 16.2. The van der Waals surface area contributed by atoms with Gasteiger partial charge in [-0.25, -0.2) is 4.68 Å². The van der Waals surface area contributed by atoms with Crippen LogP contribution in [0.2, 0.25) is 0 Å². The fraction of sp³-hybridized carbons (Fsp3) is 0.190. The Kier molecular flexibility index (Phi) is 5.91. The minimum atomic E-state index is -4.80. The molecule has 156 valence electrons. The van der Waals surface area contributed by atoms with Crippen LogP contribution in [0.3, 0.4) is 0 Å². The number of halogens is 3. The molecule has 9 heteroatoms. The lowest BCUT2D eigenvalue weighted by Gasteiger charge is -2.16. The van der Waals surface area contributed by atoms with Gasteiger partial charge in [0.1, 0.15) is 17.1 Å². The average molecular weight is 417 g/mol. The highest BCUT2D eigenvalue weighted by Gasteiger charge is 2.31. The number of nitrogens with zero attached hydrogens (tertiary/aromatic N) is 2. The number of ether oxygens (including phenoxy) is 1. The van der Waals surface area contributed by atoms with E-state index in [9.17, 15) is 22.8 Å². The Morgan fingerprint density at radius 3 is 2.27 bits per heavy atom. The number of alkyl halides is 3. The number of hydrogen-bond donors (Lipinski definition) is 1. The summed E-state index contributed by atoms with van der Waals surface area (Å²) in [6.45, 7) is 3.33. The number of carbonyl (C=O) groups is 1. The van der Waals surface area contributed by atoms with Crippen molar-refractivity contribution >= 4 is 17.2 Å². The van der Waals surface area contributed by atoms with Gasteiger partial charge in [0.25, 0.3) is 5.56 Å². The largest absolute Gasteiger partial charge is 0.573 e. The molecule has 1 aromatic heterocycles. The number of nitrogens with one attached hydrogen (secondary N) is 1. The van der Waals surface area contributed by atoms with Gasteiger partial charge in [-0.15, -0.1) is 13.2 Å². The van der Waals surface area contributed by atoms with Crippen LogP contribution < -0.4 is 15.6 Å². The summed E-state index contributed by atoms with van der Waals surface area (Å²) in [6.07, 6.45) is -4.80. The van der Waals surface area contributed by atoms with Crippen LogP contribution >= 0.6 is 0 Å². The molecule has 0 aliphatic rings. The van der Waals surface area contributed by atoms with E-state index in [-0.39, 0.29) is 23.6 Å². The molecule has 0 radical (unpaired) electrons. The van der Waals surface area contributed by atoms with Gasteiger partial charge >= 0.3 is 6.36 Å². The Labute approximate surface area is 169 Å². The van der Waals surface area contributed by atoms with E-state index in [1.54, 1.807) is 31.2 Å². The quantitative estimate of drug-likeness (QED) is 0.585. The van der Waals surface area contributed by atoms with Gasteiger partial charge in [0.2, 0.25) is 0 Å². The highest BCUT2D eigenvalue weighted by Crippen LogP contribution is 2.29. The van der Waals surface area contributed by atoms with E-state index in [2.05, 4.69) is 15.2 Å². The lowest BCUT2D eigenvalue weighted by Crippen LogP contribution is -2.28. The predicted molar refractivity (Wildman–Crippen MR) is 106 cm³/mol. The number of rotatable bonds is 6. The predicted octanol–water partition coefficient (Wildman–Crippen LogP) is 4.78. The Morgan fingerprint density at radius 1 is 1.10 bits per heavy atom. The maximum absolute atomic E-state index is 12.9. The van der Waals surface area contributed by atoms with E-state index in [0.717, 1.165) is 12.1 Å². The Bertz CT molecular complexity index is 1110. The van der Waals surface area contributed by atoms with Crippen molar-refractivity contribution in [2.75, 3.05) is 5.32 Å². The first-order valence-corrected chi connectivity index (χ1v) is 9.04. The number of carbonyl (C=O) groups excluding carboxylic acids is 1. The van der Waals surface area contributed by atoms with Crippen LogP contribution in [0.4, 0.5) is 24.5 Å². The van der Waals surface area contributed by atoms with Crippen LogP contribution in [0.15, 0.2) is 59.4 Å². The molecule has 0 fully saturated rings. The normalized spacial score (nSPS) is 11.2. The third-order valence-corrected chi connectivity index (χ3v) is 4.21. The first-order valence-electron chi connectivity index (χ1n) is 9.04. The van der Waals surface area contributed by atoms with Crippen molar-refractivity contribution in [2.45, 2.75) is 26.8 Å². The number of benzene rings is 2. The highest BCUT2D eigenvalue weighted by atomic mass is 19.4. The third kappa shape index (κ3) is 4.68. The molecule has 2 aromatic carbocycles. The summed E-state index contributed by atoms with van der Waals surface area (Å²) < 4.78 is 42.1. The molecule has 3 aromatic rings. The molecule has 0 saturated heterocycles. The molecule has 0 aliphatic heterocycles. The van der Waals surface area contributed by atoms with Crippen molar-refractivity contribution in [1.29, 1.82) is 0 Å². The standard InChI is InChI=1S/C21H18F3N3O3/c1-3-27-20(29)19(25-15-9-11-16(12-10-15)30-21(22,23)24)17(13(2)28)18(26-27)14-7-5-4-6-8-14/h4-12,25H,3H2,1-2H3. The monoisotopic (exact) mass is 417 g/mol. The second kappa shape index (κ2) is 8.40. The van der Waals surface area contributed by atoms with Crippen LogP contribution in [0.1, 0.15) is 24.2 Å². The summed E-state index contributed by atoms with van der Waals surface area (Å²) in [5.74, 6) is -0.772. The van der Waals surface area contributed by atoms with Gasteiger partial charge in [-0.3, -0.25) is 9.59 Å². The zero-order valence-electron chi connectivity index (χ0n) is 16.2. The number of aryl methyl sites for hydroxylation is 1. The number of anilines is 2. The Hall–Kier alpha value is -3.62. The van der Waals surface area contributed by atoms with Gasteiger partial charge in [-0.2, -0.15) is 5.10 Å². The van der Waals surface area contributed by atoms with E-state index < -0.39 is 17.7 Å². The summed E-state index contributed by atoms with van der Waals surface area (Å²) in [6, 6.07) is 13.8. The summed E-state index contributed by atoms with van der Waals surface area (Å²) in [5.41, 5.74) is 0.898. The molecule has 0 saturated carbocycles. The van der Waals surface area contributed by atoms with Gasteiger partial charge in [0.05, 0.1) is 5.56 Å². The molecule has 3 rings (SSSR count). The van der Waals surface area contributed by atoms with Crippen molar-refractivity contribution in [3.8, 4) is 17.0 Å². The van der Waals surface area contributed by atoms with Crippen molar-refractivity contribution in [3.05, 3.63) is 70.5 Å². The van der Waals surface area contributed by atoms with Crippen molar-refractivity contribution in [2.24, 2.45) is 0 Å². The molecule has 1 N–H and O–H groups in total. The van der Waals surface area contributed by atoms with E-state index >= 15 is 0 Å². The van der Waals surface area contributed by atoms with Crippen molar-refractivity contribution in [1.82, 2.24) is 9.78 Å². The molecule has 0 atom stereocenters. The Morgan fingerprint density at radius 2 is 1.73 bits per heavy atom. The number of ketones is 1. The van der Waals surface area contributed by atoms with Crippen LogP contribution in [0.5, 0.6) is 5.75 Å². The zero-order chi connectivity index (χ0) is 21.9. The Balaban J connectivity index is 2.09. The lowest BCUT2D eigenvalue weighted by molar-refractivity contribution is -0.274. The smallest absolute Gasteiger partial charge is 0.406 e. The van der Waals surface area contributed by atoms with E-state index in [1.165, 1.54) is 23.7 Å². The molecule has 0 amide bonds. The molecule has 30 heavy (non-hydrogen) atoms. The van der Waals surface area contributed by atoms with Gasteiger partial charge < -0.3 is 10.1 Å². The third-order valence-electron chi connectivity index (χ3n) is 4.21. The molecule has 0 spiro atoms. The van der Waals surface area contributed by atoms with Crippen LogP contribution in [-0.4, -0.2) is 21.9 Å². The minimum absolute atomic E-state index is 0.00249. The van der Waals surface area contributed by atoms with Crippen LogP contribution in [0.25, 0.3) is 11.3 Å². The lowest BCUT2D eigenvalue weighted by atomic mass is 10.0. The van der Waals surface area contributed by atoms with Crippen molar-refractivity contribution in [3.63, 3.8) is 0 Å². The fourth-order valence-electron chi connectivity index (χ4n) is 2.93. The van der Waals surface area contributed by atoms with E-state index in [4.69, 9.17) is 0 Å². The topological polar surface area (TPSA) is 73.2 Å². The van der Waals surface area contributed by atoms with E-state index in [0.29, 0.717) is 16.9 Å². The van der Waals surface area contributed by atoms with Gasteiger partial charge in [0.15, 0.2) is 5.78 Å². The molecule has 0 bridgehead atoms. The minimum Gasteiger partial charge on any atom is -0.406 e. The van der Waals surface area contributed by atoms with E-state index in [1.807, 2.05) is 6.07 Å². The molecular formula is C21H18F3N3O3. The molecule has 6 nitrogen and oxygen atoms in total. The van der Waals surface area contributed by atoms with Gasteiger partial charge in [0, 0.05) is 17.8 Å². The first kappa shape index (κ1) is 21.1. The first-order chi connectivity index (χ1) is 14.2. The SMILES string of the molecule is CCn1nc(-c2ccccc2)c(C(C)=O)c(Nc2ccc(OC(F)(F)F)cc2)c1=O. The second-order valence-electron chi connectivity index (χ2n) is 6.34. The maximum Gasteiger partial charge on any atom is 0.573 e. The van der Waals surface area contributed by atoms with Crippen molar-refractivity contribution < 1.29 is 22.7 Å². The molecule has 0 aliphatic carbocycles. The summed E-state index contributed by atoms with van der Waals surface area (Å²) >= 11 is 0.